The van der Waals surface area contributed by atoms with Crippen LogP contribution in [0.3, 0.4) is 0 Å². The molecule has 1 aromatic rings. The number of hydrogen-bond donors (Lipinski definition) is 0. The van der Waals surface area contributed by atoms with Crippen molar-refractivity contribution in [1.82, 2.24) is 0 Å². The summed E-state index contributed by atoms with van der Waals surface area (Å²) in [5, 5.41) is 0. The lowest BCUT2D eigenvalue weighted by molar-refractivity contribution is -0.188. The highest BCUT2D eigenvalue weighted by molar-refractivity contribution is 6.51. The van der Waals surface area contributed by atoms with Gasteiger partial charge < -0.3 is 33.0 Å². The molecule has 0 spiro atoms. The Balaban J connectivity index is 1.61. The molecule has 2 aliphatic heterocycles. The summed E-state index contributed by atoms with van der Waals surface area (Å²) in [4.78, 5) is 12.6. The Morgan fingerprint density at radius 1 is 1.17 bits per heavy atom. The standard InChI is InChI=1S/C26H37BO8/c1-7-31-24-10-8-9-21(33-24)22(15-16-27-34-25(2,3)26(4,5)35-27)32-23(28)18-30-17-19-11-13-20(29-6)14-12-19/h8-9,11-16,21-22,24H,7,10,17-18H2,1-6H3/b16-15+/t21-,22-,24+/m0/s1. The van der Waals surface area contributed by atoms with E-state index >= 15 is 0 Å². The number of benzene rings is 1. The monoisotopic (exact) mass is 488 g/mol. The summed E-state index contributed by atoms with van der Waals surface area (Å²) >= 11 is 0. The molecule has 1 fully saturated rings. The van der Waals surface area contributed by atoms with Crippen LogP contribution >= 0.6 is 0 Å². The highest BCUT2D eigenvalue weighted by Gasteiger charge is 2.50. The molecule has 1 saturated heterocycles. The van der Waals surface area contributed by atoms with Crippen molar-refractivity contribution in [2.24, 2.45) is 0 Å². The topological polar surface area (TPSA) is 81.7 Å². The lowest BCUT2D eigenvalue weighted by Gasteiger charge is -2.32. The van der Waals surface area contributed by atoms with Crippen molar-refractivity contribution >= 4 is 13.1 Å². The third-order valence-corrected chi connectivity index (χ3v) is 6.28. The number of carbonyl (C=O) groups is 1. The van der Waals surface area contributed by atoms with Gasteiger partial charge in [-0.3, -0.25) is 0 Å². The number of carbonyl (C=O) groups excluding carboxylic acids is 1. The zero-order valence-electron chi connectivity index (χ0n) is 21.5. The fourth-order valence-corrected chi connectivity index (χ4v) is 3.62. The molecule has 192 valence electrons. The van der Waals surface area contributed by atoms with Crippen LogP contribution in [0, 0.1) is 0 Å². The average molecular weight is 488 g/mol. The van der Waals surface area contributed by atoms with Crippen LogP contribution in [0.2, 0.25) is 0 Å². The molecule has 35 heavy (non-hydrogen) atoms. The first-order chi connectivity index (χ1) is 16.6. The molecule has 8 nitrogen and oxygen atoms in total. The molecule has 0 bridgehead atoms. The van der Waals surface area contributed by atoms with Gasteiger partial charge in [-0.2, -0.15) is 0 Å². The summed E-state index contributed by atoms with van der Waals surface area (Å²) in [7, 11) is 1.05. The van der Waals surface area contributed by atoms with Gasteiger partial charge in [0.05, 0.1) is 24.9 Å². The van der Waals surface area contributed by atoms with Crippen molar-refractivity contribution in [3.8, 4) is 5.75 Å². The zero-order chi connectivity index (χ0) is 25.5. The first-order valence-electron chi connectivity index (χ1n) is 12.0. The Bertz CT molecular complexity index is 864. The molecule has 0 unspecified atom stereocenters. The summed E-state index contributed by atoms with van der Waals surface area (Å²) in [5.74, 6) is 2.02. The summed E-state index contributed by atoms with van der Waals surface area (Å²) in [6.07, 6.45) is 4.62. The maximum atomic E-state index is 12.6. The molecule has 0 radical (unpaired) electrons. The normalized spacial score (nSPS) is 24.0. The van der Waals surface area contributed by atoms with Crippen molar-refractivity contribution in [2.45, 2.75) is 77.3 Å². The second-order valence-corrected chi connectivity index (χ2v) is 9.45. The van der Waals surface area contributed by atoms with E-state index < -0.39 is 42.8 Å². The van der Waals surface area contributed by atoms with Gasteiger partial charge in [0.25, 0.3) is 0 Å². The van der Waals surface area contributed by atoms with Crippen LogP contribution in [0.25, 0.3) is 0 Å². The summed E-state index contributed by atoms with van der Waals surface area (Å²) in [6, 6.07) is 7.45. The van der Waals surface area contributed by atoms with Gasteiger partial charge in [-0.25, -0.2) is 4.79 Å². The Morgan fingerprint density at radius 2 is 1.86 bits per heavy atom. The number of methoxy groups -OCH3 is 1. The molecule has 0 amide bonds. The summed E-state index contributed by atoms with van der Waals surface area (Å²) in [5.41, 5.74) is -0.0100. The van der Waals surface area contributed by atoms with E-state index in [4.69, 9.17) is 33.0 Å². The van der Waals surface area contributed by atoms with Crippen molar-refractivity contribution in [1.29, 1.82) is 0 Å². The summed E-state index contributed by atoms with van der Waals surface area (Å²) in [6.45, 7) is 10.5. The number of esters is 1. The van der Waals surface area contributed by atoms with Gasteiger partial charge in [0.15, 0.2) is 6.29 Å². The molecule has 3 atom stereocenters. The molecule has 0 aromatic heterocycles. The summed E-state index contributed by atoms with van der Waals surface area (Å²) < 4.78 is 40.1. The lowest BCUT2D eigenvalue weighted by atomic mass is 9.88. The van der Waals surface area contributed by atoms with Gasteiger partial charge in [-0.15, -0.1) is 0 Å². The van der Waals surface area contributed by atoms with E-state index in [0.717, 1.165) is 11.3 Å². The molecule has 0 saturated carbocycles. The fourth-order valence-electron chi connectivity index (χ4n) is 3.62. The second kappa shape index (κ2) is 12.2. The third kappa shape index (κ3) is 7.66. The van der Waals surface area contributed by atoms with Gasteiger partial charge in [0.2, 0.25) is 0 Å². The van der Waals surface area contributed by atoms with Gasteiger partial charge in [0.1, 0.15) is 24.6 Å². The SMILES string of the molecule is CCO[C@H]1CC=C[C@@H]([C@H](/C=C/B2OC(C)(C)C(C)(C)O2)OC(=O)COCc2ccc(OC)cc2)O1. The van der Waals surface area contributed by atoms with E-state index in [-0.39, 0.29) is 13.2 Å². The lowest BCUT2D eigenvalue weighted by Crippen LogP contribution is -2.41. The number of rotatable bonds is 11. The van der Waals surface area contributed by atoms with Crippen LogP contribution in [-0.4, -0.2) is 63.1 Å². The van der Waals surface area contributed by atoms with Crippen LogP contribution in [0.15, 0.2) is 48.5 Å². The average Bonchev–Trinajstić information content (AvgIpc) is 3.03. The maximum absolute atomic E-state index is 12.6. The largest absolute Gasteiger partial charge is 0.497 e. The Kier molecular flexibility index (Phi) is 9.55. The minimum absolute atomic E-state index is 0.196. The van der Waals surface area contributed by atoms with E-state index in [1.54, 1.807) is 19.2 Å². The van der Waals surface area contributed by atoms with Gasteiger partial charge in [-0.05, 0) is 58.4 Å². The van der Waals surface area contributed by atoms with Crippen molar-refractivity contribution in [3.05, 3.63) is 54.0 Å². The zero-order valence-corrected chi connectivity index (χ0v) is 21.5. The van der Waals surface area contributed by atoms with E-state index in [1.807, 2.05) is 71.0 Å². The predicted octanol–water partition coefficient (Wildman–Crippen LogP) is 4.02. The van der Waals surface area contributed by atoms with Gasteiger partial charge in [0, 0.05) is 13.0 Å². The van der Waals surface area contributed by atoms with E-state index in [9.17, 15) is 4.79 Å². The molecule has 2 heterocycles. The minimum atomic E-state index is -0.703. The molecule has 9 heteroatoms. The second-order valence-electron chi connectivity index (χ2n) is 9.45. The van der Waals surface area contributed by atoms with Crippen molar-refractivity contribution in [3.63, 3.8) is 0 Å². The number of hydrogen-bond acceptors (Lipinski definition) is 8. The molecule has 0 aliphatic carbocycles. The van der Waals surface area contributed by atoms with Crippen molar-refractivity contribution < 1.29 is 37.8 Å². The molecule has 3 rings (SSSR count). The first-order valence-corrected chi connectivity index (χ1v) is 12.0. The van der Waals surface area contributed by atoms with Crippen LogP contribution in [-0.2, 0) is 39.7 Å². The maximum Gasteiger partial charge on any atom is 0.486 e. The highest BCUT2D eigenvalue weighted by atomic mass is 16.7. The van der Waals surface area contributed by atoms with E-state index in [0.29, 0.717) is 13.0 Å². The Morgan fingerprint density at radius 3 is 2.49 bits per heavy atom. The van der Waals surface area contributed by atoms with Crippen molar-refractivity contribution in [2.75, 3.05) is 20.3 Å². The highest BCUT2D eigenvalue weighted by Crippen LogP contribution is 2.37. The van der Waals surface area contributed by atoms with Gasteiger partial charge in [-0.1, -0.05) is 30.3 Å². The Hall–Kier alpha value is -2.17. The van der Waals surface area contributed by atoms with E-state index in [1.165, 1.54) is 0 Å². The third-order valence-electron chi connectivity index (χ3n) is 6.28. The van der Waals surface area contributed by atoms with E-state index in [2.05, 4.69) is 0 Å². The fraction of sp³-hybridized carbons (Fsp3) is 0.577. The van der Waals surface area contributed by atoms with Crippen LogP contribution in [0.5, 0.6) is 5.75 Å². The smallest absolute Gasteiger partial charge is 0.486 e. The van der Waals surface area contributed by atoms with Gasteiger partial charge >= 0.3 is 13.1 Å². The van der Waals surface area contributed by atoms with Crippen LogP contribution < -0.4 is 4.74 Å². The molecule has 0 N–H and O–H groups in total. The predicted molar refractivity (Wildman–Crippen MR) is 132 cm³/mol. The van der Waals surface area contributed by atoms with Crippen LogP contribution in [0.1, 0.15) is 46.6 Å². The molecule has 1 aromatic carbocycles. The minimum Gasteiger partial charge on any atom is -0.497 e. The molecular weight excluding hydrogens is 451 g/mol. The quantitative estimate of drug-likeness (QED) is 0.263. The first kappa shape index (κ1) is 27.4. The molecule has 2 aliphatic rings. The Labute approximate surface area is 208 Å². The van der Waals surface area contributed by atoms with Crippen LogP contribution in [0.4, 0.5) is 0 Å². The number of ether oxygens (including phenoxy) is 5. The molecular formula is C26H37BO8.